The summed E-state index contributed by atoms with van der Waals surface area (Å²) in [6.07, 6.45) is 1.99. The van der Waals surface area contributed by atoms with Crippen molar-refractivity contribution in [3.8, 4) is 0 Å². The van der Waals surface area contributed by atoms with E-state index in [0.29, 0.717) is 13.1 Å². The molecule has 2 aromatic rings. The standard InChI is InChI=1S/C12H12ClN3O2S2/c13-10-5-9(6-15-12(10)14)20(17,18)16-3-1-11-8(7-16)2-4-19-11/h2,4-6H,1,3,7H2,(H2,14,15). The highest BCUT2D eigenvalue weighted by Gasteiger charge is 2.29. The Morgan fingerprint density at radius 1 is 1.45 bits per heavy atom. The van der Waals surface area contributed by atoms with Crippen LogP contribution in [0.15, 0.2) is 28.6 Å². The number of pyridine rings is 1. The lowest BCUT2D eigenvalue weighted by molar-refractivity contribution is 0.394. The molecule has 0 amide bonds. The summed E-state index contributed by atoms with van der Waals surface area (Å²) in [6.45, 7) is 0.862. The van der Waals surface area contributed by atoms with E-state index in [2.05, 4.69) is 4.98 Å². The molecule has 0 unspecified atom stereocenters. The summed E-state index contributed by atoms with van der Waals surface area (Å²) >= 11 is 7.52. The molecule has 2 aromatic heterocycles. The van der Waals surface area contributed by atoms with Gasteiger partial charge in [0.25, 0.3) is 0 Å². The molecule has 0 bridgehead atoms. The summed E-state index contributed by atoms with van der Waals surface area (Å²) in [7, 11) is -3.59. The molecule has 3 heterocycles. The van der Waals surface area contributed by atoms with Crippen LogP contribution in [-0.2, 0) is 23.0 Å². The fraction of sp³-hybridized carbons (Fsp3) is 0.250. The van der Waals surface area contributed by atoms with E-state index >= 15 is 0 Å². The Hall–Kier alpha value is -1.15. The summed E-state index contributed by atoms with van der Waals surface area (Å²) in [4.78, 5) is 5.15. The Balaban J connectivity index is 1.95. The molecule has 0 fully saturated rings. The van der Waals surface area contributed by atoms with Crippen molar-refractivity contribution < 1.29 is 8.42 Å². The van der Waals surface area contributed by atoms with E-state index in [1.807, 2.05) is 11.4 Å². The highest BCUT2D eigenvalue weighted by atomic mass is 35.5. The second kappa shape index (κ2) is 5.00. The highest BCUT2D eigenvalue weighted by molar-refractivity contribution is 7.89. The van der Waals surface area contributed by atoms with Gasteiger partial charge in [-0.1, -0.05) is 11.6 Å². The normalized spacial score (nSPS) is 16.1. The summed E-state index contributed by atoms with van der Waals surface area (Å²) in [6, 6.07) is 3.32. The van der Waals surface area contributed by atoms with Crippen LogP contribution in [0.4, 0.5) is 5.82 Å². The van der Waals surface area contributed by atoms with Crippen molar-refractivity contribution >= 4 is 38.8 Å². The fourth-order valence-corrected chi connectivity index (χ4v) is 4.66. The lowest BCUT2D eigenvalue weighted by Gasteiger charge is -2.26. The Morgan fingerprint density at radius 2 is 2.25 bits per heavy atom. The number of hydrogen-bond donors (Lipinski definition) is 1. The molecule has 5 nitrogen and oxygen atoms in total. The molecule has 1 aliphatic rings. The van der Waals surface area contributed by atoms with E-state index in [0.717, 1.165) is 12.0 Å². The first-order chi connectivity index (χ1) is 9.48. The smallest absolute Gasteiger partial charge is 0.244 e. The fourth-order valence-electron chi connectivity index (χ4n) is 2.15. The van der Waals surface area contributed by atoms with Crippen molar-refractivity contribution in [2.24, 2.45) is 0 Å². The number of nitrogens with zero attached hydrogens (tertiary/aromatic N) is 2. The van der Waals surface area contributed by atoms with Gasteiger partial charge in [0.2, 0.25) is 10.0 Å². The lowest BCUT2D eigenvalue weighted by atomic mass is 10.1. The van der Waals surface area contributed by atoms with E-state index in [9.17, 15) is 8.42 Å². The molecule has 106 valence electrons. The van der Waals surface area contributed by atoms with Crippen LogP contribution in [0.5, 0.6) is 0 Å². The third kappa shape index (κ3) is 2.31. The number of aromatic nitrogens is 1. The molecule has 0 aliphatic carbocycles. The number of thiophene rings is 1. The summed E-state index contributed by atoms with van der Waals surface area (Å²) in [5.41, 5.74) is 6.58. The molecule has 0 aromatic carbocycles. The number of fused-ring (bicyclic) bond motifs is 1. The number of anilines is 1. The molecule has 3 rings (SSSR count). The molecule has 2 N–H and O–H groups in total. The zero-order chi connectivity index (χ0) is 14.3. The topological polar surface area (TPSA) is 76.3 Å². The third-order valence-corrected chi connectivity index (χ3v) is 6.39. The van der Waals surface area contributed by atoms with Gasteiger partial charge in [-0.15, -0.1) is 11.3 Å². The van der Waals surface area contributed by atoms with Crippen molar-refractivity contribution in [3.63, 3.8) is 0 Å². The van der Waals surface area contributed by atoms with Crippen LogP contribution < -0.4 is 5.73 Å². The van der Waals surface area contributed by atoms with Gasteiger partial charge in [-0.05, 0) is 29.5 Å². The van der Waals surface area contributed by atoms with E-state index in [4.69, 9.17) is 17.3 Å². The minimum atomic E-state index is -3.59. The minimum absolute atomic E-state index is 0.0791. The molecular weight excluding hydrogens is 318 g/mol. The second-order valence-corrected chi connectivity index (χ2v) is 7.84. The highest BCUT2D eigenvalue weighted by Crippen LogP contribution is 2.29. The Bertz CT molecular complexity index is 758. The van der Waals surface area contributed by atoms with Crippen LogP contribution in [0.2, 0.25) is 5.02 Å². The maximum atomic E-state index is 12.6. The molecule has 0 radical (unpaired) electrons. The SMILES string of the molecule is Nc1ncc(S(=O)(=O)N2CCc3sccc3C2)cc1Cl. The number of nitrogens with two attached hydrogens (primary N) is 1. The predicted molar refractivity (Wildman–Crippen MR) is 79.3 cm³/mol. The van der Waals surface area contributed by atoms with Gasteiger partial charge in [0.05, 0.1) is 5.02 Å². The predicted octanol–water partition coefficient (Wildman–Crippen LogP) is 2.13. The maximum absolute atomic E-state index is 12.6. The first kappa shape index (κ1) is 13.8. The van der Waals surface area contributed by atoms with Crippen molar-refractivity contribution in [2.45, 2.75) is 17.9 Å². The first-order valence-corrected chi connectivity index (χ1v) is 8.64. The van der Waals surface area contributed by atoms with E-state index < -0.39 is 10.0 Å². The van der Waals surface area contributed by atoms with Crippen LogP contribution in [0.3, 0.4) is 0 Å². The summed E-state index contributed by atoms with van der Waals surface area (Å²) in [5, 5.41) is 2.14. The van der Waals surface area contributed by atoms with Crippen LogP contribution in [-0.4, -0.2) is 24.3 Å². The zero-order valence-electron chi connectivity index (χ0n) is 10.4. The van der Waals surface area contributed by atoms with Crippen LogP contribution >= 0.6 is 22.9 Å². The van der Waals surface area contributed by atoms with Gasteiger partial charge in [-0.2, -0.15) is 4.31 Å². The van der Waals surface area contributed by atoms with E-state index in [1.54, 1.807) is 11.3 Å². The van der Waals surface area contributed by atoms with Gasteiger partial charge in [-0.25, -0.2) is 13.4 Å². The van der Waals surface area contributed by atoms with Crippen LogP contribution in [0.1, 0.15) is 10.4 Å². The molecule has 1 aliphatic heterocycles. The molecule has 0 spiro atoms. The second-order valence-electron chi connectivity index (χ2n) is 4.50. The third-order valence-electron chi connectivity index (χ3n) is 3.25. The van der Waals surface area contributed by atoms with Gasteiger partial charge >= 0.3 is 0 Å². The van der Waals surface area contributed by atoms with Crippen molar-refractivity contribution in [1.29, 1.82) is 0 Å². The molecule has 20 heavy (non-hydrogen) atoms. The first-order valence-electron chi connectivity index (χ1n) is 5.95. The molecule has 0 saturated heterocycles. The Kier molecular flexibility index (Phi) is 3.45. The quantitative estimate of drug-likeness (QED) is 0.915. The van der Waals surface area contributed by atoms with Crippen molar-refractivity contribution in [1.82, 2.24) is 9.29 Å². The lowest BCUT2D eigenvalue weighted by Crippen LogP contribution is -2.35. The van der Waals surface area contributed by atoms with Crippen LogP contribution in [0, 0.1) is 0 Å². The molecule has 8 heteroatoms. The molecule has 0 saturated carbocycles. The van der Waals surface area contributed by atoms with Gasteiger partial charge < -0.3 is 5.73 Å². The molecule has 0 atom stereocenters. The number of sulfonamides is 1. The minimum Gasteiger partial charge on any atom is -0.382 e. The van der Waals surface area contributed by atoms with E-state index in [-0.39, 0.29) is 15.7 Å². The van der Waals surface area contributed by atoms with Crippen molar-refractivity contribution in [2.75, 3.05) is 12.3 Å². The summed E-state index contributed by atoms with van der Waals surface area (Å²) in [5.74, 6) is 0.129. The average Bonchev–Trinajstić information content (AvgIpc) is 2.89. The number of halogens is 1. The summed E-state index contributed by atoms with van der Waals surface area (Å²) < 4.78 is 26.6. The largest absolute Gasteiger partial charge is 0.382 e. The van der Waals surface area contributed by atoms with Crippen LogP contribution in [0.25, 0.3) is 0 Å². The number of hydrogen-bond acceptors (Lipinski definition) is 5. The van der Waals surface area contributed by atoms with Gasteiger partial charge in [0.15, 0.2) is 0 Å². The van der Waals surface area contributed by atoms with E-state index in [1.165, 1.54) is 21.4 Å². The number of nitrogen functional groups attached to an aromatic ring is 1. The molecular formula is C12H12ClN3O2S2. The van der Waals surface area contributed by atoms with Crippen molar-refractivity contribution in [3.05, 3.63) is 39.2 Å². The maximum Gasteiger partial charge on any atom is 0.244 e. The Morgan fingerprint density at radius 3 is 3.00 bits per heavy atom. The van der Waals surface area contributed by atoms with Gasteiger partial charge in [-0.3, -0.25) is 0 Å². The van der Waals surface area contributed by atoms with Gasteiger partial charge in [0.1, 0.15) is 10.7 Å². The number of rotatable bonds is 2. The Labute approximate surface area is 126 Å². The zero-order valence-corrected chi connectivity index (χ0v) is 12.8. The average molecular weight is 330 g/mol. The van der Waals surface area contributed by atoms with Gasteiger partial charge in [0, 0.05) is 24.2 Å². The monoisotopic (exact) mass is 329 g/mol.